The number of ether oxygens (including phenoxy) is 1. The van der Waals surface area contributed by atoms with Crippen molar-refractivity contribution in [2.24, 2.45) is 10.8 Å². The minimum Gasteiger partial charge on any atom is -0.378 e. The summed E-state index contributed by atoms with van der Waals surface area (Å²) < 4.78 is 5.54. The highest BCUT2D eigenvalue weighted by Crippen LogP contribution is 2.51. The van der Waals surface area contributed by atoms with Gasteiger partial charge in [0.15, 0.2) is 0 Å². The van der Waals surface area contributed by atoms with Gasteiger partial charge in [-0.3, -0.25) is 9.59 Å². The third-order valence-electron chi connectivity index (χ3n) is 4.93. The highest BCUT2D eigenvalue weighted by Gasteiger charge is 2.58. The van der Waals surface area contributed by atoms with Crippen LogP contribution in [0.1, 0.15) is 54.4 Å². The number of carbonyl (C=O) groups is 2. The van der Waals surface area contributed by atoms with Crippen LogP contribution < -0.4 is 10.6 Å². The summed E-state index contributed by atoms with van der Waals surface area (Å²) in [5, 5.41) is 5.82. The normalized spacial score (nSPS) is 27.7. The molecule has 0 bridgehead atoms. The highest BCUT2D eigenvalue weighted by molar-refractivity contribution is 5.82. The Balaban J connectivity index is 2.35. The molecule has 1 fully saturated rings. The van der Waals surface area contributed by atoms with Crippen LogP contribution in [-0.4, -0.2) is 37.1 Å². The van der Waals surface area contributed by atoms with Crippen LogP contribution >= 0.6 is 0 Å². The average Bonchev–Trinajstić information content (AvgIpc) is 2.36. The molecule has 1 aliphatic carbocycles. The molecule has 1 saturated carbocycles. The topological polar surface area (TPSA) is 67.4 Å². The van der Waals surface area contributed by atoms with Gasteiger partial charge >= 0.3 is 0 Å². The van der Waals surface area contributed by atoms with Gasteiger partial charge in [-0.2, -0.15) is 0 Å². The number of hydrogen-bond acceptors (Lipinski definition) is 3. The van der Waals surface area contributed by atoms with Gasteiger partial charge in [-0.05, 0) is 13.3 Å². The predicted molar refractivity (Wildman–Crippen MR) is 82.8 cm³/mol. The molecule has 1 rings (SSSR count). The van der Waals surface area contributed by atoms with Gasteiger partial charge in [0.05, 0.1) is 5.60 Å². The fourth-order valence-electron chi connectivity index (χ4n) is 2.54. The molecular formula is C16H30N2O3. The molecule has 2 amide bonds. The van der Waals surface area contributed by atoms with Crippen molar-refractivity contribution in [3.8, 4) is 0 Å². The summed E-state index contributed by atoms with van der Waals surface area (Å²) in [4.78, 5) is 23.7. The van der Waals surface area contributed by atoms with E-state index >= 15 is 0 Å². The molecule has 122 valence electrons. The average molecular weight is 298 g/mol. The lowest BCUT2D eigenvalue weighted by molar-refractivity contribution is -0.182. The summed E-state index contributed by atoms with van der Waals surface area (Å²) in [5.74, 6) is -0.0633. The van der Waals surface area contributed by atoms with Gasteiger partial charge in [0.1, 0.15) is 0 Å². The van der Waals surface area contributed by atoms with Crippen molar-refractivity contribution >= 4 is 11.8 Å². The third-order valence-corrected chi connectivity index (χ3v) is 4.93. The van der Waals surface area contributed by atoms with E-state index in [2.05, 4.69) is 31.4 Å². The second kappa shape index (κ2) is 5.95. The molecule has 5 heteroatoms. The van der Waals surface area contributed by atoms with Crippen molar-refractivity contribution in [1.29, 1.82) is 0 Å². The Morgan fingerprint density at radius 2 is 1.81 bits per heavy atom. The van der Waals surface area contributed by atoms with E-state index in [4.69, 9.17) is 4.74 Å². The first-order chi connectivity index (χ1) is 9.44. The van der Waals surface area contributed by atoms with E-state index in [0.29, 0.717) is 13.0 Å². The maximum Gasteiger partial charge on any atom is 0.225 e. The molecule has 1 aliphatic rings. The Hall–Kier alpha value is -1.10. The van der Waals surface area contributed by atoms with Gasteiger partial charge in [-0.1, -0.05) is 34.6 Å². The molecule has 2 N–H and O–H groups in total. The van der Waals surface area contributed by atoms with E-state index < -0.39 is 5.41 Å². The first kappa shape index (κ1) is 18.0. The van der Waals surface area contributed by atoms with Crippen molar-refractivity contribution in [1.82, 2.24) is 10.6 Å². The van der Waals surface area contributed by atoms with Crippen LogP contribution in [0.15, 0.2) is 0 Å². The molecule has 0 spiro atoms. The van der Waals surface area contributed by atoms with E-state index in [9.17, 15) is 9.59 Å². The lowest BCUT2D eigenvalue weighted by Crippen LogP contribution is -2.68. The van der Waals surface area contributed by atoms with Gasteiger partial charge in [0.2, 0.25) is 11.8 Å². The van der Waals surface area contributed by atoms with E-state index in [1.807, 2.05) is 20.8 Å². The molecular weight excluding hydrogens is 268 g/mol. The van der Waals surface area contributed by atoms with Gasteiger partial charge in [-0.25, -0.2) is 0 Å². The number of nitrogens with one attached hydrogen (secondary N) is 2. The molecule has 0 heterocycles. The molecule has 5 nitrogen and oxygen atoms in total. The molecule has 2 atom stereocenters. The standard InChI is InChI=1S/C16H30N2O3/c1-14(2,3)13(20)17-9-8-12(19)18-11-10-16(6,21-7)15(11,4)5/h11H,8-10H2,1-7H3,(H,17,20)(H,18,19)/t11-,16-/m1/s1. The summed E-state index contributed by atoms with van der Waals surface area (Å²) in [6.45, 7) is 12.2. The van der Waals surface area contributed by atoms with Crippen molar-refractivity contribution in [2.75, 3.05) is 13.7 Å². The van der Waals surface area contributed by atoms with Crippen LogP contribution in [0.4, 0.5) is 0 Å². The van der Waals surface area contributed by atoms with Gasteiger partial charge < -0.3 is 15.4 Å². The van der Waals surface area contributed by atoms with Crippen molar-refractivity contribution in [2.45, 2.75) is 66.0 Å². The van der Waals surface area contributed by atoms with Gasteiger partial charge in [-0.15, -0.1) is 0 Å². The number of carbonyl (C=O) groups excluding carboxylic acids is 2. The Labute approximate surface area is 128 Å². The largest absolute Gasteiger partial charge is 0.378 e. The third kappa shape index (κ3) is 3.76. The SMILES string of the molecule is CO[C@]1(C)C[C@@H](NC(=O)CCNC(=O)C(C)(C)C)C1(C)C. The first-order valence-corrected chi connectivity index (χ1v) is 7.57. The van der Waals surface area contributed by atoms with E-state index in [0.717, 1.165) is 6.42 Å². The zero-order chi connectivity index (χ0) is 16.5. The summed E-state index contributed by atoms with van der Waals surface area (Å²) in [7, 11) is 1.71. The van der Waals surface area contributed by atoms with Crippen LogP contribution in [0, 0.1) is 10.8 Å². The predicted octanol–water partition coefficient (Wildman–Crippen LogP) is 1.86. The Bertz CT molecular complexity index is 412. The number of methoxy groups -OCH3 is 1. The van der Waals surface area contributed by atoms with Crippen molar-refractivity contribution < 1.29 is 14.3 Å². The van der Waals surface area contributed by atoms with Crippen LogP contribution in [0.3, 0.4) is 0 Å². The Morgan fingerprint density at radius 3 is 2.24 bits per heavy atom. The fourth-order valence-corrected chi connectivity index (χ4v) is 2.54. The molecule has 0 aromatic rings. The molecule has 0 aliphatic heterocycles. The smallest absolute Gasteiger partial charge is 0.225 e. The Kier molecular flexibility index (Phi) is 5.09. The number of amides is 2. The monoisotopic (exact) mass is 298 g/mol. The summed E-state index contributed by atoms with van der Waals surface area (Å²) in [6.07, 6.45) is 1.12. The van der Waals surface area contributed by atoms with E-state index in [1.165, 1.54) is 0 Å². The van der Waals surface area contributed by atoms with Gasteiger partial charge in [0.25, 0.3) is 0 Å². The summed E-state index contributed by atoms with van der Waals surface area (Å²) in [5.41, 5.74) is -0.704. The highest BCUT2D eigenvalue weighted by atomic mass is 16.5. The lowest BCUT2D eigenvalue weighted by Gasteiger charge is -2.59. The minimum atomic E-state index is -0.424. The number of hydrogen-bond donors (Lipinski definition) is 2. The zero-order valence-electron chi connectivity index (χ0n) is 14.4. The first-order valence-electron chi connectivity index (χ1n) is 7.57. The molecule has 0 unspecified atom stereocenters. The van der Waals surface area contributed by atoms with E-state index in [1.54, 1.807) is 7.11 Å². The fraction of sp³-hybridized carbons (Fsp3) is 0.875. The number of rotatable bonds is 5. The molecule has 0 aromatic carbocycles. The van der Waals surface area contributed by atoms with E-state index in [-0.39, 0.29) is 28.9 Å². The minimum absolute atomic E-state index is 0.0274. The molecule has 21 heavy (non-hydrogen) atoms. The second-order valence-electron chi connectivity index (χ2n) is 7.74. The summed E-state index contributed by atoms with van der Waals surface area (Å²) in [6, 6.07) is 0.119. The zero-order valence-corrected chi connectivity index (χ0v) is 14.4. The van der Waals surface area contributed by atoms with Crippen LogP contribution in [-0.2, 0) is 14.3 Å². The molecule has 0 saturated heterocycles. The Morgan fingerprint density at radius 1 is 1.24 bits per heavy atom. The molecule has 0 aromatic heterocycles. The van der Waals surface area contributed by atoms with Crippen molar-refractivity contribution in [3.63, 3.8) is 0 Å². The quantitative estimate of drug-likeness (QED) is 0.814. The lowest BCUT2D eigenvalue weighted by atomic mass is 9.56. The summed E-state index contributed by atoms with van der Waals surface area (Å²) >= 11 is 0. The maximum absolute atomic E-state index is 12.0. The maximum atomic E-state index is 12.0. The van der Waals surface area contributed by atoms with Crippen LogP contribution in [0.25, 0.3) is 0 Å². The van der Waals surface area contributed by atoms with Crippen molar-refractivity contribution in [3.05, 3.63) is 0 Å². The second-order valence-corrected chi connectivity index (χ2v) is 7.74. The van der Waals surface area contributed by atoms with Gasteiger partial charge in [0, 0.05) is 36.9 Å². The molecule has 0 radical (unpaired) electrons. The van der Waals surface area contributed by atoms with Crippen LogP contribution in [0.2, 0.25) is 0 Å². The van der Waals surface area contributed by atoms with Crippen LogP contribution in [0.5, 0.6) is 0 Å².